The molecule has 2 unspecified atom stereocenters. The summed E-state index contributed by atoms with van der Waals surface area (Å²) in [7, 11) is 1.38. The van der Waals surface area contributed by atoms with Crippen molar-refractivity contribution >= 4 is 5.97 Å². The van der Waals surface area contributed by atoms with Gasteiger partial charge in [0.15, 0.2) is 0 Å². The van der Waals surface area contributed by atoms with Crippen molar-refractivity contribution in [2.45, 2.75) is 38.0 Å². The molecule has 0 bridgehead atoms. The SMILES string of the molecule is COC(=O)c1ccc(COC2CCC(N)C2)cc1. The molecular weight excluding hydrogens is 230 g/mol. The van der Waals surface area contributed by atoms with Crippen LogP contribution in [-0.2, 0) is 16.1 Å². The van der Waals surface area contributed by atoms with E-state index in [-0.39, 0.29) is 18.1 Å². The maximum atomic E-state index is 11.3. The number of hydrogen-bond acceptors (Lipinski definition) is 4. The predicted molar refractivity (Wildman–Crippen MR) is 68.2 cm³/mol. The average molecular weight is 249 g/mol. The van der Waals surface area contributed by atoms with Crippen molar-refractivity contribution in [3.05, 3.63) is 35.4 Å². The van der Waals surface area contributed by atoms with E-state index in [1.807, 2.05) is 12.1 Å². The molecule has 98 valence electrons. The van der Waals surface area contributed by atoms with Crippen molar-refractivity contribution in [3.8, 4) is 0 Å². The molecule has 4 heteroatoms. The van der Waals surface area contributed by atoms with E-state index < -0.39 is 0 Å². The highest BCUT2D eigenvalue weighted by Gasteiger charge is 2.22. The smallest absolute Gasteiger partial charge is 0.337 e. The van der Waals surface area contributed by atoms with Crippen LogP contribution < -0.4 is 5.73 Å². The first-order chi connectivity index (χ1) is 8.69. The number of rotatable bonds is 4. The Bertz CT molecular complexity index is 402. The second kappa shape index (κ2) is 5.98. The Labute approximate surface area is 107 Å². The first-order valence-electron chi connectivity index (χ1n) is 6.23. The highest BCUT2D eigenvalue weighted by atomic mass is 16.5. The first kappa shape index (κ1) is 13.1. The van der Waals surface area contributed by atoms with Crippen LogP contribution in [0.25, 0.3) is 0 Å². The third kappa shape index (κ3) is 3.31. The summed E-state index contributed by atoms with van der Waals surface area (Å²) >= 11 is 0. The van der Waals surface area contributed by atoms with Crippen LogP contribution in [0.3, 0.4) is 0 Å². The fourth-order valence-corrected chi connectivity index (χ4v) is 2.19. The van der Waals surface area contributed by atoms with Crippen molar-refractivity contribution in [3.63, 3.8) is 0 Å². The Kier molecular flexibility index (Phi) is 4.33. The number of carbonyl (C=O) groups is 1. The van der Waals surface area contributed by atoms with Gasteiger partial charge in [-0.3, -0.25) is 0 Å². The van der Waals surface area contributed by atoms with E-state index in [4.69, 9.17) is 10.5 Å². The molecule has 1 saturated carbocycles. The van der Waals surface area contributed by atoms with Gasteiger partial charge in [-0.1, -0.05) is 12.1 Å². The highest BCUT2D eigenvalue weighted by Crippen LogP contribution is 2.21. The lowest BCUT2D eigenvalue weighted by Crippen LogP contribution is -2.17. The van der Waals surface area contributed by atoms with E-state index in [1.165, 1.54) is 7.11 Å². The molecule has 1 aliphatic rings. The number of methoxy groups -OCH3 is 1. The summed E-state index contributed by atoms with van der Waals surface area (Å²) in [6, 6.07) is 7.58. The number of carbonyl (C=O) groups excluding carboxylic acids is 1. The van der Waals surface area contributed by atoms with Crippen molar-refractivity contribution in [2.24, 2.45) is 5.73 Å². The van der Waals surface area contributed by atoms with Crippen LogP contribution in [0.15, 0.2) is 24.3 Å². The van der Waals surface area contributed by atoms with E-state index in [0.717, 1.165) is 24.8 Å². The van der Waals surface area contributed by atoms with Gasteiger partial charge in [0.25, 0.3) is 0 Å². The molecule has 1 fully saturated rings. The van der Waals surface area contributed by atoms with Crippen molar-refractivity contribution in [1.82, 2.24) is 0 Å². The van der Waals surface area contributed by atoms with Gasteiger partial charge in [-0.05, 0) is 37.0 Å². The number of benzene rings is 1. The molecule has 1 aromatic carbocycles. The molecule has 18 heavy (non-hydrogen) atoms. The minimum Gasteiger partial charge on any atom is -0.465 e. The van der Waals surface area contributed by atoms with E-state index in [1.54, 1.807) is 12.1 Å². The lowest BCUT2D eigenvalue weighted by molar-refractivity contribution is 0.0447. The summed E-state index contributed by atoms with van der Waals surface area (Å²) in [5.41, 5.74) is 7.45. The Morgan fingerprint density at radius 3 is 2.61 bits per heavy atom. The van der Waals surface area contributed by atoms with Crippen molar-refractivity contribution < 1.29 is 14.3 Å². The summed E-state index contributed by atoms with van der Waals surface area (Å²) in [5, 5.41) is 0. The summed E-state index contributed by atoms with van der Waals surface area (Å²) in [6.07, 6.45) is 3.31. The standard InChI is InChI=1S/C14H19NO3/c1-17-14(16)11-4-2-10(3-5-11)9-18-13-7-6-12(15)8-13/h2-5,12-13H,6-9,15H2,1H3. The Morgan fingerprint density at radius 1 is 1.33 bits per heavy atom. The van der Waals surface area contributed by atoms with Gasteiger partial charge in [0.2, 0.25) is 0 Å². The quantitative estimate of drug-likeness (QED) is 0.827. The van der Waals surface area contributed by atoms with Gasteiger partial charge in [-0.25, -0.2) is 4.79 Å². The maximum absolute atomic E-state index is 11.3. The molecule has 0 aromatic heterocycles. The summed E-state index contributed by atoms with van der Waals surface area (Å²) in [6.45, 7) is 0.568. The molecule has 0 aliphatic heterocycles. The fraction of sp³-hybridized carbons (Fsp3) is 0.500. The average Bonchev–Trinajstić information content (AvgIpc) is 2.82. The molecule has 0 saturated heterocycles. The Hall–Kier alpha value is -1.39. The minimum atomic E-state index is -0.316. The highest BCUT2D eigenvalue weighted by molar-refractivity contribution is 5.89. The summed E-state index contributed by atoms with van der Waals surface area (Å²) in [4.78, 5) is 11.3. The van der Waals surface area contributed by atoms with Crippen molar-refractivity contribution in [2.75, 3.05) is 7.11 Å². The van der Waals surface area contributed by atoms with Crippen LogP contribution in [0, 0.1) is 0 Å². The molecule has 1 aromatic rings. The van der Waals surface area contributed by atoms with Gasteiger partial charge in [0.1, 0.15) is 0 Å². The van der Waals surface area contributed by atoms with Gasteiger partial charge in [0.05, 0.1) is 25.4 Å². The first-order valence-corrected chi connectivity index (χ1v) is 6.23. The molecule has 0 spiro atoms. The molecule has 2 rings (SSSR count). The molecule has 0 radical (unpaired) electrons. The van der Waals surface area contributed by atoms with E-state index >= 15 is 0 Å². The zero-order chi connectivity index (χ0) is 13.0. The van der Waals surface area contributed by atoms with Gasteiger partial charge in [-0.15, -0.1) is 0 Å². The molecule has 2 N–H and O–H groups in total. The van der Waals surface area contributed by atoms with Gasteiger partial charge >= 0.3 is 5.97 Å². The molecule has 2 atom stereocenters. The Balaban J connectivity index is 1.85. The molecule has 0 amide bonds. The van der Waals surface area contributed by atoms with Gasteiger partial charge in [0, 0.05) is 6.04 Å². The Morgan fingerprint density at radius 2 is 2.06 bits per heavy atom. The molecular formula is C14H19NO3. The predicted octanol–water partition coefficient (Wildman–Crippen LogP) is 1.87. The molecule has 0 heterocycles. The number of hydrogen-bond donors (Lipinski definition) is 1. The topological polar surface area (TPSA) is 61.5 Å². The fourth-order valence-electron chi connectivity index (χ4n) is 2.19. The minimum absolute atomic E-state index is 0.278. The van der Waals surface area contributed by atoms with E-state index in [0.29, 0.717) is 12.2 Å². The zero-order valence-corrected chi connectivity index (χ0v) is 10.6. The molecule has 1 aliphatic carbocycles. The largest absolute Gasteiger partial charge is 0.465 e. The number of nitrogens with two attached hydrogens (primary N) is 1. The van der Waals surface area contributed by atoms with Crippen LogP contribution >= 0.6 is 0 Å². The third-order valence-corrected chi connectivity index (χ3v) is 3.29. The third-order valence-electron chi connectivity index (χ3n) is 3.29. The second-order valence-corrected chi connectivity index (χ2v) is 4.69. The maximum Gasteiger partial charge on any atom is 0.337 e. The normalized spacial score (nSPS) is 23.0. The van der Waals surface area contributed by atoms with E-state index in [9.17, 15) is 4.79 Å². The van der Waals surface area contributed by atoms with Gasteiger partial charge in [-0.2, -0.15) is 0 Å². The second-order valence-electron chi connectivity index (χ2n) is 4.69. The van der Waals surface area contributed by atoms with Crippen LogP contribution in [-0.4, -0.2) is 25.2 Å². The summed E-state index contributed by atoms with van der Waals surface area (Å²) in [5.74, 6) is -0.316. The lowest BCUT2D eigenvalue weighted by Gasteiger charge is -2.11. The number of ether oxygens (including phenoxy) is 2. The van der Waals surface area contributed by atoms with Crippen LogP contribution in [0.2, 0.25) is 0 Å². The van der Waals surface area contributed by atoms with Gasteiger partial charge < -0.3 is 15.2 Å². The van der Waals surface area contributed by atoms with E-state index in [2.05, 4.69) is 4.74 Å². The van der Waals surface area contributed by atoms with Crippen molar-refractivity contribution in [1.29, 1.82) is 0 Å². The monoisotopic (exact) mass is 249 g/mol. The molecule has 4 nitrogen and oxygen atoms in total. The summed E-state index contributed by atoms with van der Waals surface area (Å²) < 4.78 is 10.4. The zero-order valence-electron chi connectivity index (χ0n) is 10.6. The van der Waals surface area contributed by atoms with Crippen LogP contribution in [0.4, 0.5) is 0 Å². The van der Waals surface area contributed by atoms with Crippen LogP contribution in [0.1, 0.15) is 35.2 Å². The number of esters is 1. The van der Waals surface area contributed by atoms with Crippen LogP contribution in [0.5, 0.6) is 0 Å². The lowest BCUT2D eigenvalue weighted by atomic mass is 10.1.